The minimum atomic E-state index is -4.36. The number of alkyl halides is 3. The van der Waals surface area contributed by atoms with E-state index in [4.69, 9.17) is 0 Å². The molecule has 0 radical (unpaired) electrons. The number of hydrogen-bond donors (Lipinski definition) is 0. The summed E-state index contributed by atoms with van der Waals surface area (Å²) in [6.45, 7) is 0. The number of benzene rings is 2. The first-order valence-electron chi connectivity index (χ1n) is 6.39. The van der Waals surface area contributed by atoms with Crippen LogP contribution < -0.4 is 0 Å². The van der Waals surface area contributed by atoms with E-state index in [1.54, 1.807) is 6.07 Å². The highest BCUT2D eigenvalue weighted by Gasteiger charge is 2.33. The number of rotatable bonds is 3. The summed E-state index contributed by atoms with van der Waals surface area (Å²) in [5.74, 6) is 0. The van der Waals surface area contributed by atoms with Gasteiger partial charge in [-0.3, -0.25) is 0 Å². The Labute approximate surface area is 133 Å². The fraction of sp³-hybridized carbons (Fsp3) is 0.0625. The molecule has 0 saturated carbocycles. The highest BCUT2D eigenvalue weighted by molar-refractivity contribution is 8.01. The lowest BCUT2D eigenvalue weighted by atomic mass is 10.2. The normalized spacial score (nSPS) is 11.6. The van der Waals surface area contributed by atoms with Crippen molar-refractivity contribution in [1.29, 1.82) is 0 Å². The second kappa shape index (κ2) is 6.14. The second-order valence-corrected chi connectivity index (χ2v) is 6.61. The molecule has 0 N–H and O–H groups in total. The molecule has 0 amide bonds. The molecule has 0 bridgehead atoms. The van der Waals surface area contributed by atoms with Crippen LogP contribution in [0.4, 0.5) is 13.2 Å². The van der Waals surface area contributed by atoms with Gasteiger partial charge >= 0.3 is 6.18 Å². The first-order chi connectivity index (χ1) is 10.5. The number of halogens is 3. The van der Waals surface area contributed by atoms with E-state index < -0.39 is 11.7 Å². The van der Waals surface area contributed by atoms with Crippen LogP contribution in [0.2, 0.25) is 0 Å². The Kier molecular flexibility index (Phi) is 4.22. The number of aromatic nitrogens is 1. The summed E-state index contributed by atoms with van der Waals surface area (Å²) in [7, 11) is 0. The maximum atomic E-state index is 13.0. The van der Waals surface area contributed by atoms with Gasteiger partial charge in [0.05, 0.1) is 11.3 Å². The molecule has 0 atom stereocenters. The van der Waals surface area contributed by atoms with Crippen LogP contribution in [0.15, 0.2) is 69.2 Å². The highest BCUT2D eigenvalue weighted by atomic mass is 32.2. The zero-order chi connectivity index (χ0) is 15.6. The van der Waals surface area contributed by atoms with Crippen LogP contribution in [0, 0.1) is 0 Å². The topological polar surface area (TPSA) is 12.9 Å². The van der Waals surface area contributed by atoms with Gasteiger partial charge in [0, 0.05) is 15.8 Å². The minimum Gasteiger partial charge on any atom is -0.229 e. The first-order valence-corrected chi connectivity index (χ1v) is 8.09. The predicted octanol–water partition coefficient (Wildman–Crippen LogP) is 5.98. The molecule has 0 aliphatic heterocycles. The van der Waals surface area contributed by atoms with Crippen LogP contribution in [-0.2, 0) is 6.18 Å². The summed E-state index contributed by atoms with van der Waals surface area (Å²) >= 11 is 2.39. The van der Waals surface area contributed by atoms with Crippen molar-refractivity contribution in [3.63, 3.8) is 0 Å². The molecule has 6 heteroatoms. The molecule has 3 aromatic rings. The summed E-state index contributed by atoms with van der Waals surface area (Å²) in [6, 6.07) is 15.1. The lowest BCUT2D eigenvalue weighted by Gasteiger charge is -2.10. The Morgan fingerprint density at radius 1 is 0.909 bits per heavy atom. The third kappa shape index (κ3) is 3.34. The van der Waals surface area contributed by atoms with Crippen molar-refractivity contribution in [2.45, 2.75) is 15.4 Å². The van der Waals surface area contributed by atoms with Crippen LogP contribution in [0.25, 0.3) is 11.3 Å². The molecule has 22 heavy (non-hydrogen) atoms. The van der Waals surface area contributed by atoms with Gasteiger partial charge in [-0.2, -0.15) is 13.2 Å². The van der Waals surface area contributed by atoms with Gasteiger partial charge in [0.25, 0.3) is 0 Å². The quantitative estimate of drug-likeness (QED) is 0.583. The Bertz CT molecular complexity index is 766. The average Bonchev–Trinajstić information content (AvgIpc) is 2.96. The standard InChI is InChI=1S/C16H10F3NS2/c17-16(18,19)12-8-4-5-9-14(12)22-15-20-13(10-21-15)11-6-2-1-3-7-11/h1-10H. The molecule has 112 valence electrons. The summed E-state index contributed by atoms with van der Waals surface area (Å²) in [5, 5.41) is 1.86. The SMILES string of the molecule is FC(F)(F)c1ccccc1Sc1nc(-c2ccccc2)cs1. The van der Waals surface area contributed by atoms with Crippen LogP contribution in [0.5, 0.6) is 0 Å². The summed E-state index contributed by atoms with van der Waals surface area (Å²) in [4.78, 5) is 4.58. The van der Waals surface area contributed by atoms with Gasteiger partial charge in [0.2, 0.25) is 0 Å². The molecule has 0 spiro atoms. The van der Waals surface area contributed by atoms with Crippen molar-refractivity contribution in [1.82, 2.24) is 4.98 Å². The average molecular weight is 337 g/mol. The van der Waals surface area contributed by atoms with E-state index in [2.05, 4.69) is 4.98 Å². The molecule has 0 unspecified atom stereocenters. The van der Waals surface area contributed by atoms with Crippen molar-refractivity contribution in [3.8, 4) is 11.3 Å². The third-order valence-corrected chi connectivity index (χ3v) is 4.96. The molecule has 0 aliphatic rings. The van der Waals surface area contributed by atoms with Crippen molar-refractivity contribution in [2.24, 2.45) is 0 Å². The molecule has 3 rings (SSSR count). The zero-order valence-electron chi connectivity index (χ0n) is 11.2. The van der Waals surface area contributed by atoms with E-state index in [0.29, 0.717) is 4.34 Å². The summed E-state index contributed by atoms with van der Waals surface area (Å²) in [5.41, 5.74) is 1.10. The van der Waals surface area contributed by atoms with Gasteiger partial charge in [-0.25, -0.2) is 4.98 Å². The zero-order valence-corrected chi connectivity index (χ0v) is 12.8. The fourth-order valence-electron chi connectivity index (χ4n) is 1.93. The molecular weight excluding hydrogens is 327 g/mol. The van der Waals surface area contributed by atoms with Gasteiger partial charge in [0.15, 0.2) is 4.34 Å². The van der Waals surface area contributed by atoms with Gasteiger partial charge in [-0.1, -0.05) is 54.2 Å². The molecule has 1 aromatic heterocycles. The van der Waals surface area contributed by atoms with E-state index in [9.17, 15) is 13.2 Å². The van der Waals surface area contributed by atoms with Crippen LogP contribution >= 0.6 is 23.1 Å². The van der Waals surface area contributed by atoms with E-state index in [0.717, 1.165) is 29.1 Å². The van der Waals surface area contributed by atoms with Crippen LogP contribution in [-0.4, -0.2) is 4.98 Å². The first kappa shape index (κ1) is 15.1. The predicted molar refractivity (Wildman–Crippen MR) is 83.1 cm³/mol. The number of hydrogen-bond acceptors (Lipinski definition) is 3. The van der Waals surface area contributed by atoms with Gasteiger partial charge in [-0.05, 0) is 12.1 Å². The lowest BCUT2D eigenvalue weighted by molar-refractivity contribution is -0.139. The third-order valence-electron chi connectivity index (χ3n) is 2.94. The Hall–Kier alpha value is -1.79. The largest absolute Gasteiger partial charge is 0.417 e. The minimum absolute atomic E-state index is 0.170. The van der Waals surface area contributed by atoms with Crippen LogP contribution in [0.3, 0.4) is 0 Å². The maximum absolute atomic E-state index is 13.0. The Morgan fingerprint density at radius 2 is 1.59 bits per heavy atom. The molecule has 1 nitrogen and oxygen atoms in total. The van der Waals surface area contributed by atoms with Crippen molar-refractivity contribution < 1.29 is 13.2 Å². The smallest absolute Gasteiger partial charge is 0.229 e. The van der Waals surface area contributed by atoms with Crippen LogP contribution in [0.1, 0.15) is 5.56 Å². The molecule has 0 fully saturated rings. The summed E-state index contributed by atoms with van der Waals surface area (Å²) in [6.07, 6.45) is -4.36. The van der Waals surface area contributed by atoms with E-state index >= 15 is 0 Å². The molecule has 1 heterocycles. The molecular formula is C16H10F3NS2. The monoisotopic (exact) mass is 337 g/mol. The van der Waals surface area contributed by atoms with Gasteiger partial charge < -0.3 is 0 Å². The molecule has 0 aliphatic carbocycles. The van der Waals surface area contributed by atoms with E-state index in [1.165, 1.54) is 23.5 Å². The Balaban J connectivity index is 1.88. The highest BCUT2D eigenvalue weighted by Crippen LogP contribution is 2.40. The number of thiazole rings is 1. The fourth-order valence-corrected chi connectivity index (χ4v) is 3.86. The van der Waals surface area contributed by atoms with Gasteiger partial charge in [0.1, 0.15) is 0 Å². The van der Waals surface area contributed by atoms with E-state index in [1.807, 2.05) is 35.7 Å². The van der Waals surface area contributed by atoms with Gasteiger partial charge in [-0.15, -0.1) is 11.3 Å². The van der Waals surface area contributed by atoms with E-state index in [-0.39, 0.29) is 4.90 Å². The lowest BCUT2D eigenvalue weighted by Crippen LogP contribution is -2.06. The molecule has 0 saturated heterocycles. The summed E-state index contributed by atoms with van der Waals surface area (Å²) < 4.78 is 39.6. The Morgan fingerprint density at radius 3 is 2.32 bits per heavy atom. The van der Waals surface area contributed by atoms with Crippen molar-refractivity contribution >= 4 is 23.1 Å². The molecule has 2 aromatic carbocycles. The van der Waals surface area contributed by atoms with Crippen molar-refractivity contribution in [3.05, 3.63) is 65.5 Å². The number of nitrogens with zero attached hydrogens (tertiary/aromatic N) is 1. The van der Waals surface area contributed by atoms with Crippen molar-refractivity contribution in [2.75, 3.05) is 0 Å². The maximum Gasteiger partial charge on any atom is 0.417 e. The second-order valence-electron chi connectivity index (χ2n) is 4.46.